The van der Waals surface area contributed by atoms with Gasteiger partial charge >= 0.3 is 5.97 Å². The molecule has 0 radical (unpaired) electrons. The Hall–Kier alpha value is -3.62. The number of ether oxygens (including phenoxy) is 1. The number of fused-ring (bicyclic) bond motifs is 1. The lowest BCUT2D eigenvalue weighted by Gasteiger charge is -2.16. The van der Waals surface area contributed by atoms with Gasteiger partial charge in [-0.05, 0) is 29.3 Å². The number of nitrogens with one attached hydrogen (secondary N) is 2. The minimum atomic E-state index is -1.18. The lowest BCUT2D eigenvalue weighted by atomic mass is 10.0. The SMILES string of the molecule is O=C(CCNc1ccccc1[N+](=O)[O-])NC(C(=O)O)c1ccc2c(c1)CCO2. The second-order valence-corrected chi connectivity index (χ2v) is 6.26. The van der Waals surface area contributed by atoms with Gasteiger partial charge in [0.05, 0.1) is 11.5 Å². The highest BCUT2D eigenvalue weighted by molar-refractivity contribution is 5.85. The molecule has 0 aromatic heterocycles. The number of carbonyl (C=O) groups excluding carboxylic acids is 1. The summed E-state index contributed by atoms with van der Waals surface area (Å²) in [5.41, 5.74) is 1.59. The number of para-hydroxylation sites is 2. The predicted octanol–water partition coefficient (Wildman–Crippen LogP) is 2.27. The predicted molar refractivity (Wildman–Crippen MR) is 100 cm³/mol. The van der Waals surface area contributed by atoms with Gasteiger partial charge in [0, 0.05) is 25.5 Å². The molecule has 0 aliphatic carbocycles. The highest BCUT2D eigenvalue weighted by Crippen LogP contribution is 2.28. The fraction of sp³-hybridized carbons (Fsp3) is 0.263. The molecule has 2 aromatic carbocycles. The zero-order valence-electron chi connectivity index (χ0n) is 14.9. The molecule has 3 N–H and O–H groups in total. The van der Waals surface area contributed by atoms with Crippen molar-refractivity contribution in [2.75, 3.05) is 18.5 Å². The fourth-order valence-corrected chi connectivity index (χ4v) is 3.00. The van der Waals surface area contributed by atoms with Crippen LogP contribution >= 0.6 is 0 Å². The molecule has 1 heterocycles. The lowest BCUT2D eigenvalue weighted by Crippen LogP contribution is -2.34. The van der Waals surface area contributed by atoms with E-state index in [-0.39, 0.29) is 18.7 Å². The topological polar surface area (TPSA) is 131 Å². The van der Waals surface area contributed by atoms with E-state index in [1.54, 1.807) is 36.4 Å². The van der Waals surface area contributed by atoms with E-state index in [2.05, 4.69) is 10.6 Å². The highest BCUT2D eigenvalue weighted by atomic mass is 16.6. The van der Waals surface area contributed by atoms with Gasteiger partial charge in [-0.15, -0.1) is 0 Å². The number of nitro groups is 1. The molecular weight excluding hydrogens is 366 g/mol. The maximum atomic E-state index is 12.2. The van der Waals surface area contributed by atoms with Crippen LogP contribution in [0.4, 0.5) is 11.4 Å². The molecule has 146 valence electrons. The molecule has 9 heteroatoms. The normalized spacial score (nSPS) is 13.1. The quantitative estimate of drug-likeness (QED) is 0.469. The van der Waals surface area contributed by atoms with Gasteiger partial charge in [-0.3, -0.25) is 14.9 Å². The Morgan fingerprint density at radius 1 is 1.25 bits per heavy atom. The Morgan fingerprint density at radius 3 is 2.79 bits per heavy atom. The zero-order chi connectivity index (χ0) is 20.1. The first kappa shape index (κ1) is 19.2. The van der Waals surface area contributed by atoms with Gasteiger partial charge in [0.15, 0.2) is 6.04 Å². The average Bonchev–Trinajstić information content (AvgIpc) is 3.14. The van der Waals surface area contributed by atoms with E-state index in [9.17, 15) is 24.8 Å². The summed E-state index contributed by atoms with van der Waals surface area (Å²) in [6, 6.07) is 9.98. The van der Waals surface area contributed by atoms with Crippen molar-refractivity contribution < 1.29 is 24.4 Å². The molecule has 0 saturated heterocycles. The number of hydrogen-bond donors (Lipinski definition) is 3. The summed E-state index contributed by atoms with van der Waals surface area (Å²) >= 11 is 0. The van der Waals surface area contributed by atoms with Crippen molar-refractivity contribution in [3.8, 4) is 5.75 Å². The first-order valence-electron chi connectivity index (χ1n) is 8.71. The Balaban J connectivity index is 1.60. The molecule has 3 rings (SSSR count). The molecule has 0 fully saturated rings. The molecule has 2 aromatic rings. The van der Waals surface area contributed by atoms with Gasteiger partial charge in [-0.25, -0.2) is 4.79 Å². The summed E-state index contributed by atoms with van der Waals surface area (Å²) in [6.07, 6.45) is 0.660. The van der Waals surface area contributed by atoms with Crippen LogP contribution in [0, 0.1) is 10.1 Å². The Labute approximate surface area is 160 Å². The van der Waals surface area contributed by atoms with E-state index in [4.69, 9.17) is 4.74 Å². The number of nitrogens with zero attached hydrogens (tertiary/aromatic N) is 1. The van der Waals surface area contributed by atoms with E-state index in [1.165, 1.54) is 6.07 Å². The molecule has 1 aliphatic rings. The standard InChI is InChI=1S/C19H19N3O6/c23-17(7-9-20-14-3-1-2-4-15(14)22(26)27)21-18(19(24)25)13-5-6-16-12(11-13)8-10-28-16/h1-6,11,18,20H,7-10H2,(H,21,23)(H,24,25). The van der Waals surface area contributed by atoms with Gasteiger partial charge in [0.25, 0.3) is 5.69 Å². The van der Waals surface area contributed by atoms with Gasteiger partial charge in [-0.1, -0.05) is 18.2 Å². The van der Waals surface area contributed by atoms with Crippen LogP contribution in [0.1, 0.15) is 23.6 Å². The molecule has 1 aliphatic heterocycles. The van der Waals surface area contributed by atoms with E-state index in [0.717, 1.165) is 11.3 Å². The number of anilines is 1. The summed E-state index contributed by atoms with van der Waals surface area (Å²) in [5, 5.41) is 25.8. The largest absolute Gasteiger partial charge is 0.493 e. The summed E-state index contributed by atoms with van der Waals surface area (Å²) in [5.74, 6) is -0.915. The number of carbonyl (C=O) groups is 2. The van der Waals surface area contributed by atoms with E-state index >= 15 is 0 Å². The van der Waals surface area contributed by atoms with Crippen LogP contribution in [-0.2, 0) is 16.0 Å². The van der Waals surface area contributed by atoms with Gasteiger partial charge in [0.1, 0.15) is 11.4 Å². The Morgan fingerprint density at radius 2 is 2.04 bits per heavy atom. The van der Waals surface area contributed by atoms with Gasteiger partial charge in [0.2, 0.25) is 5.91 Å². The van der Waals surface area contributed by atoms with Crippen molar-refractivity contribution in [2.24, 2.45) is 0 Å². The van der Waals surface area contributed by atoms with Crippen LogP contribution in [-0.4, -0.2) is 35.1 Å². The number of hydrogen-bond acceptors (Lipinski definition) is 6. The van der Waals surface area contributed by atoms with E-state index in [1.807, 2.05) is 0 Å². The number of carboxylic acid groups (broad SMARTS) is 1. The third-order valence-electron chi connectivity index (χ3n) is 4.37. The van der Waals surface area contributed by atoms with Crippen molar-refractivity contribution in [1.82, 2.24) is 5.32 Å². The molecule has 1 amide bonds. The minimum Gasteiger partial charge on any atom is -0.493 e. The number of amides is 1. The van der Waals surface area contributed by atoms with Gasteiger partial charge in [-0.2, -0.15) is 0 Å². The van der Waals surface area contributed by atoms with Crippen LogP contribution in [0.25, 0.3) is 0 Å². The molecule has 1 atom stereocenters. The number of rotatable bonds is 8. The number of nitro benzene ring substituents is 1. The first-order chi connectivity index (χ1) is 13.5. The molecular formula is C19H19N3O6. The number of carboxylic acids is 1. The second kappa shape index (κ2) is 8.38. The summed E-state index contributed by atoms with van der Waals surface area (Å²) in [7, 11) is 0. The van der Waals surface area contributed by atoms with Crippen molar-refractivity contribution in [2.45, 2.75) is 18.9 Å². The monoisotopic (exact) mass is 385 g/mol. The third kappa shape index (κ3) is 4.37. The molecule has 1 unspecified atom stereocenters. The third-order valence-corrected chi connectivity index (χ3v) is 4.37. The zero-order valence-corrected chi connectivity index (χ0v) is 14.9. The van der Waals surface area contributed by atoms with Gasteiger partial charge < -0.3 is 20.5 Å². The smallest absolute Gasteiger partial charge is 0.330 e. The maximum Gasteiger partial charge on any atom is 0.330 e. The van der Waals surface area contributed by atoms with E-state index < -0.39 is 22.8 Å². The number of aliphatic carboxylic acids is 1. The molecule has 0 bridgehead atoms. The fourth-order valence-electron chi connectivity index (χ4n) is 3.00. The molecule has 0 spiro atoms. The van der Waals surface area contributed by atoms with Crippen molar-refractivity contribution in [3.05, 3.63) is 63.7 Å². The van der Waals surface area contributed by atoms with Crippen molar-refractivity contribution in [1.29, 1.82) is 0 Å². The van der Waals surface area contributed by atoms with Crippen molar-refractivity contribution in [3.63, 3.8) is 0 Å². The van der Waals surface area contributed by atoms with E-state index in [0.29, 0.717) is 24.3 Å². The summed E-state index contributed by atoms with van der Waals surface area (Å²) in [6.45, 7) is 0.682. The Kier molecular flexibility index (Phi) is 5.73. The highest BCUT2D eigenvalue weighted by Gasteiger charge is 2.24. The van der Waals surface area contributed by atoms with Crippen LogP contribution in [0.3, 0.4) is 0 Å². The molecule has 9 nitrogen and oxygen atoms in total. The summed E-state index contributed by atoms with van der Waals surface area (Å²) in [4.78, 5) is 34.3. The maximum absolute atomic E-state index is 12.2. The average molecular weight is 385 g/mol. The van der Waals surface area contributed by atoms with Crippen LogP contribution in [0.5, 0.6) is 5.75 Å². The molecule has 28 heavy (non-hydrogen) atoms. The summed E-state index contributed by atoms with van der Waals surface area (Å²) < 4.78 is 5.41. The minimum absolute atomic E-state index is 0.0378. The Bertz CT molecular complexity index is 914. The van der Waals surface area contributed by atoms with Crippen LogP contribution in [0.15, 0.2) is 42.5 Å². The first-order valence-corrected chi connectivity index (χ1v) is 8.71. The van der Waals surface area contributed by atoms with Crippen LogP contribution in [0.2, 0.25) is 0 Å². The van der Waals surface area contributed by atoms with Crippen molar-refractivity contribution >= 4 is 23.3 Å². The second-order valence-electron chi connectivity index (χ2n) is 6.26. The lowest BCUT2D eigenvalue weighted by molar-refractivity contribution is -0.384. The van der Waals surface area contributed by atoms with Crippen LogP contribution < -0.4 is 15.4 Å². The molecule has 0 saturated carbocycles. The number of benzene rings is 2.